The molecule has 2 aromatic heterocycles. The van der Waals surface area contributed by atoms with Crippen LogP contribution in [0.25, 0.3) is 22.3 Å². The molecule has 1 aliphatic heterocycles. The average Bonchev–Trinajstić information content (AvgIpc) is 2.95. The minimum atomic E-state index is -3.83. The maximum absolute atomic E-state index is 13.6. The zero-order chi connectivity index (χ0) is 31.1. The third-order valence-corrected chi connectivity index (χ3v) is 8.31. The van der Waals surface area contributed by atoms with Crippen molar-refractivity contribution in [2.45, 2.75) is 19.9 Å². The summed E-state index contributed by atoms with van der Waals surface area (Å²) in [6.45, 7) is 7.69. The molecule has 13 heteroatoms. The molecule has 1 aliphatic rings. The van der Waals surface area contributed by atoms with Crippen molar-refractivity contribution in [2.24, 2.45) is 7.05 Å². The van der Waals surface area contributed by atoms with Gasteiger partial charge < -0.3 is 15.1 Å². The number of hydrogen-bond acceptors (Lipinski definition) is 9. The van der Waals surface area contributed by atoms with E-state index in [1.807, 2.05) is 42.8 Å². The second-order valence-electron chi connectivity index (χ2n) is 11.0. The van der Waals surface area contributed by atoms with Gasteiger partial charge in [-0.25, -0.2) is 23.1 Å². The van der Waals surface area contributed by atoms with Crippen molar-refractivity contribution in [3.8, 4) is 11.4 Å². The molecule has 0 saturated carbocycles. The van der Waals surface area contributed by atoms with Crippen LogP contribution < -0.4 is 20.5 Å². The summed E-state index contributed by atoms with van der Waals surface area (Å²) in [6, 6.07) is 14.5. The number of rotatable bonds is 7. The lowest BCUT2D eigenvalue weighted by molar-refractivity contribution is 0.0977. The highest BCUT2D eigenvalue weighted by molar-refractivity contribution is 7.89. The second-order valence-corrected chi connectivity index (χ2v) is 13.1. The average molecular weight is 624 g/mol. The summed E-state index contributed by atoms with van der Waals surface area (Å²) in [7, 11) is 0.0113. The van der Waals surface area contributed by atoms with Gasteiger partial charge in [0.15, 0.2) is 5.69 Å². The van der Waals surface area contributed by atoms with Gasteiger partial charge in [-0.05, 0) is 68.9 Å². The number of aromatic nitrogens is 3. The fourth-order valence-electron chi connectivity index (χ4n) is 5.28. The molecule has 1 amide bonds. The lowest BCUT2D eigenvalue weighted by Crippen LogP contribution is -2.44. The summed E-state index contributed by atoms with van der Waals surface area (Å²) < 4.78 is 26.9. The first-order chi connectivity index (χ1) is 20.3. The largest absolute Gasteiger partial charge is 0.377 e. The Kier molecular flexibility index (Phi) is 8.46. The number of benzene rings is 2. The summed E-state index contributed by atoms with van der Waals surface area (Å²) >= 11 is 6.03. The zero-order valence-electron chi connectivity index (χ0n) is 24.7. The Labute approximate surface area is 255 Å². The number of hydrogen-bond donors (Lipinski definition) is 2. The quantitative estimate of drug-likeness (QED) is 0.297. The van der Waals surface area contributed by atoms with Crippen LogP contribution in [-0.4, -0.2) is 73.2 Å². The molecular weight excluding hydrogens is 590 g/mol. The minimum absolute atomic E-state index is 0.0336. The Morgan fingerprint density at radius 1 is 1.00 bits per heavy atom. The smallest absolute Gasteiger partial charge is 0.285 e. The molecule has 0 unspecified atom stereocenters. The molecule has 226 valence electrons. The van der Waals surface area contributed by atoms with Crippen LogP contribution in [0.2, 0.25) is 5.15 Å². The molecule has 0 spiro atoms. The van der Waals surface area contributed by atoms with E-state index in [1.165, 1.54) is 6.07 Å². The Morgan fingerprint density at radius 2 is 1.67 bits per heavy atom. The highest BCUT2D eigenvalue weighted by atomic mass is 35.5. The lowest BCUT2D eigenvalue weighted by atomic mass is 10.0. The number of pyridine rings is 1. The molecule has 43 heavy (non-hydrogen) atoms. The van der Waals surface area contributed by atoms with Crippen LogP contribution in [0, 0.1) is 6.92 Å². The molecule has 4 aromatic rings. The number of likely N-dealkylation sites (N-methyl/N-ethyl adjacent to an activating group) is 1. The first kappa shape index (κ1) is 30.5. The van der Waals surface area contributed by atoms with E-state index in [4.69, 9.17) is 16.6 Å². The van der Waals surface area contributed by atoms with Gasteiger partial charge in [-0.2, -0.15) is 0 Å². The van der Waals surface area contributed by atoms with Crippen molar-refractivity contribution >= 4 is 49.8 Å². The van der Waals surface area contributed by atoms with Gasteiger partial charge in [-0.15, -0.1) is 0 Å². The van der Waals surface area contributed by atoms with Crippen molar-refractivity contribution in [3.05, 3.63) is 80.9 Å². The van der Waals surface area contributed by atoms with E-state index in [-0.39, 0.29) is 22.1 Å². The molecule has 0 aliphatic carbocycles. The Morgan fingerprint density at radius 3 is 2.33 bits per heavy atom. The molecule has 2 N–H and O–H groups in total. The third-order valence-electron chi connectivity index (χ3n) is 7.54. The molecule has 5 rings (SSSR count). The Hall–Kier alpha value is -4.00. The monoisotopic (exact) mass is 623 g/mol. The molecule has 2 aromatic carbocycles. The van der Waals surface area contributed by atoms with Crippen LogP contribution in [0.15, 0.2) is 53.3 Å². The number of carbonyl (C=O) groups excluding carboxylic acids is 1. The lowest BCUT2D eigenvalue weighted by Gasteiger charge is -2.34. The normalized spacial score (nSPS) is 15.0. The molecule has 1 fully saturated rings. The van der Waals surface area contributed by atoms with Gasteiger partial charge in [0.05, 0.1) is 28.9 Å². The number of piperazine rings is 1. The van der Waals surface area contributed by atoms with Crippen LogP contribution in [0.1, 0.15) is 34.6 Å². The maximum Gasteiger partial charge on any atom is 0.285 e. The maximum atomic E-state index is 13.6. The Balaban J connectivity index is 1.53. The van der Waals surface area contributed by atoms with E-state index in [2.05, 4.69) is 39.3 Å². The first-order valence-electron chi connectivity index (χ1n) is 13.8. The number of carbonyl (C=O) groups is 1. The summed E-state index contributed by atoms with van der Waals surface area (Å²) in [6.07, 6.45) is 0.883. The molecular formula is C30H34ClN7O4S. The number of fused-ring (bicyclic) bond motifs is 1. The fourth-order valence-corrected chi connectivity index (χ4v) is 5.86. The highest BCUT2D eigenvalue weighted by Crippen LogP contribution is 2.30. The van der Waals surface area contributed by atoms with Crippen molar-refractivity contribution in [1.82, 2.24) is 24.2 Å². The van der Waals surface area contributed by atoms with Crippen molar-refractivity contribution in [3.63, 3.8) is 0 Å². The molecule has 1 atom stereocenters. The van der Waals surface area contributed by atoms with E-state index in [0.29, 0.717) is 16.7 Å². The number of anilines is 2. The minimum Gasteiger partial charge on any atom is -0.377 e. The van der Waals surface area contributed by atoms with E-state index >= 15 is 0 Å². The predicted octanol–water partition coefficient (Wildman–Crippen LogP) is 3.57. The van der Waals surface area contributed by atoms with Crippen molar-refractivity contribution in [1.29, 1.82) is 0 Å². The van der Waals surface area contributed by atoms with Gasteiger partial charge >= 0.3 is 0 Å². The van der Waals surface area contributed by atoms with Gasteiger partial charge in [0.25, 0.3) is 11.5 Å². The van der Waals surface area contributed by atoms with Gasteiger partial charge in [-0.3, -0.25) is 14.2 Å². The third kappa shape index (κ3) is 6.66. The van der Waals surface area contributed by atoms with Crippen LogP contribution >= 0.6 is 11.6 Å². The van der Waals surface area contributed by atoms with Crippen LogP contribution in [0.4, 0.5) is 11.4 Å². The number of nitrogens with one attached hydrogen (secondary N) is 2. The number of halogens is 1. The van der Waals surface area contributed by atoms with E-state index in [1.54, 1.807) is 17.7 Å². The summed E-state index contributed by atoms with van der Waals surface area (Å²) in [5.74, 6) is -0.385. The number of nitrogens with zero attached hydrogens (tertiary/aromatic N) is 5. The number of amides is 1. The zero-order valence-corrected chi connectivity index (χ0v) is 26.3. The summed E-state index contributed by atoms with van der Waals surface area (Å²) in [5.41, 5.74) is 3.98. The van der Waals surface area contributed by atoms with Crippen LogP contribution in [-0.2, 0) is 17.1 Å². The van der Waals surface area contributed by atoms with Crippen LogP contribution in [0.5, 0.6) is 0 Å². The summed E-state index contributed by atoms with van der Waals surface area (Å²) in [5, 5.41) is 3.75. The molecule has 3 heterocycles. The van der Waals surface area contributed by atoms with E-state index in [9.17, 15) is 18.0 Å². The molecule has 0 bridgehead atoms. The predicted molar refractivity (Wildman–Crippen MR) is 170 cm³/mol. The molecule has 1 saturated heterocycles. The highest BCUT2D eigenvalue weighted by Gasteiger charge is 2.22. The van der Waals surface area contributed by atoms with Gasteiger partial charge in [-0.1, -0.05) is 17.7 Å². The second kappa shape index (κ2) is 11.9. The van der Waals surface area contributed by atoms with Gasteiger partial charge in [0.2, 0.25) is 10.0 Å². The van der Waals surface area contributed by atoms with Crippen molar-refractivity contribution < 1.29 is 13.2 Å². The Bertz CT molecular complexity index is 1870. The van der Waals surface area contributed by atoms with Crippen LogP contribution in [0.3, 0.4) is 0 Å². The number of aryl methyl sites for hydroxylation is 1. The SMILES string of the molecule is Cc1cc([C@@H](C)Nc2ccc(Cl)nc2C(=O)NS(C)(=O)=O)c2nc(-c3ccc(N4CCN(C)CC4)cc3)n(C)c(=O)c2c1. The molecule has 11 nitrogen and oxygen atoms in total. The van der Waals surface area contributed by atoms with Gasteiger partial charge in [0.1, 0.15) is 11.0 Å². The summed E-state index contributed by atoms with van der Waals surface area (Å²) in [4.78, 5) is 40.1. The van der Waals surface area contributed by atoms with E-state index in [0.717, 1.165) is 54.8 Å². The first-order valence-corrected chi connectivity index (χ1v) is 16.1. The topological polar surface area (TPSA) is 130 Å². The van der Waals surface area contributed by atoms with Crippen molar-refractivity contribution in [2.75, 3.05) is 49.7 Å². The fraction of sp³-hybridized carbons (Fsp3) is 0.333. The van der Waals surface area contributed by atoms with E-state index < -0.39 is 22.0 Å². The van der Waals surface area contributed by atoms with Gasteiger partial charge in [0, 0.05) is 50.0 Å². The standard InChI is InChI=1S/C30H34ClN7O4S/c1-18-16-22(19(2)32-24-10-11-25(31)33-27(24)29(39)35-43(5,41)42)26-23(17-18)30(40)37(4)28(34-26)20-6-8-21(9-7-20)38-14-12-36(3)13-15-38/h6-11,16-17,19,32H,12-15H2,1-5H3,(H,35,39)/t19-/m1/s1. The molecule has 0 radical (unpaired) electrons. The number of sulfonamides is 1.